The summed E-state index contributed by atoms with van der Waals surface area (Å²) in [5, 5.41) is 6.60. The van der Waals surface area contributed by atoms with E-state index in [4.69, 9.17) is 8.94 Å². The van der Waals surface area contributed by atoms with Gasteiger partial charge in [-0.05, 0) is 18.6 Å². The van der Waals surface area contributed by atoms with Gasteiger partial charge < -0.3 is 19.2 Å². The van der Waals surface area contributed by atoms with Crippen molar-refractivity contribution in [1.29, 1.82) is 0 Å². The monoisotopic (exact) mass is 378 g/mol. The zero-order chi connectivity index (χ0) is 19.2. The molecule has 146 valence electrons. The van der Waals surface area contributed by atoms with E-state index in [0.717, 1.165) is 0 Å². The predicted molar refractivity (Wildman–Crippen MR) is 93.3 cm³/mol. The first-order valence-corrected chi connectivity index (χ1v) is 9.12. The Kier molecular flexibility index (Phi) is 6.20. The van der Waals surface area contributed by atoms with Crippen LogP contribution < -0.4 is 5.32 Å². The summed E-state index contributed by atoms with van der Waals surface area (Å²) in [6, 6.07) is 3.04. The number of aromatic nitrogens is 2. The first-order valence-electron chi connectivity index (χ1n) is 9.12. The number of carbonyl (C=O) groups excluding carboxylic acids is 2. The number of nitrogens with zero attached hydrogens (tertiary/aromatic N) is 3. The molecule has 0 saturated carbocycles. The fourth-order valence-corrected chi connectivity index (χ4v) is 3.10. The van der Waals surface area contributed by atoms with Gasteiger partial charge in [0.05, 0.1) is 12.8 Å². The molecule has 27 heavy (non-hydrogen) atoms. The summed E-state index contributed by atoms with van der Waals surface area (Å²) in [5.74, 6) is 0.823. The highest BCUT2D eigenvalue weighted by Gasteiger charge is 2.30. The Labute approximate surface area is 156 Å². The van der Waals surface area contributed by atoms with Crippen molar-refractivity contribution < 1.29 is 22.9 Å². The Balaban J connectivity index is 1.48. The van der Waals surface area contributed by atoms with Crippen molar-refractivity contribution in [2.24, 2.45) is 0 Å². The lowest BCUT2D eigenvalue weighted by molar-refractivity contribution is -0.135. The van der Waals surface area contributed by atoms with Crippen LogP contribution in [0.25, 0.3) is 11.6 Å². The summed E-state index contributed by atoms with van der Waals surface area (Å²) in [5.41, 5.74) is 0. The van der Waals surface area contributed by atoms with E-state index in [2.05, 4.69) is 15.5 Å². The average Bonchev–Trinajstić information content (AvgIpc) is 3.31. The fourth-order valence-electron chi connectivity index (χ4n) is 3.10. The van der Waals surface area contributed by atoms with Gasteiger partial charge in [0.25, 0.3) is 0 Å². The first-order chi connectivity index (χ1) is 13.0. The Morgan fingerprint density at radius 1 is 1.37 bits per heavy atom. The van der Waals surface area contributed by atoms with Crippen LogP contribution in [0.15, 0.2) is 27.3 Å². The Hall–Kier alpha value is -2.71. The molecule has 2 atom stereocenters. The SMILES string of the molecule is CCCC(=O)N1C[C@H](F)C[C@H](NC(=O)CCc2nc(-c3ccco3)no2)C1. The van der Waals surface area contributed by atoms with E-state index >= 15 is 0 Å². The highest BCUT2D eigenvalue weighted by Crippen LogP contribution is 2.17. The number of likely N-dealkylation sites (tertiary alicyclic amines) is 1. The maximum absolute atomic E-state index is 13.9. The molecule has 1 aliphatic heterocycles. The van der Waals surface area contributed by atoms with E-state index < -0.39 is 6.17 Å². The van der Waals surface area contributed by atoms with Gasteiger partial charge in [-0.15, -0.1) is 0 Å². The van der Waals surface area contributed by atoms with E-state index in [1.165, 1.54) is 11.2 Å². The molecule has 8 nitrogen and oxygen atoms in total. The molecular formula is C18H23FN4O4. The highest BCUT2D eigenvalue weighted by molar-refractivity contribution is 5.78. The second-order valence-electron chi connectivity index (χ2n) is 6.64. The molecule has 1 aliphatic rings. The number of piperidine rings is 1. The van der Waals surface area contributed by atoms with Gasteiger partial charge in [0.1, 0.15) is 6.17 Å². The highest BCUT2D eigenvalue weighted by atomic mass is 19.1. The lowest BCUT2D eigenvalue weighted by atomic mass is 10.0. The maximum Gasteiger partial charge on any atom is 0.238 e. The zero-order valence-corrected chi connectivity index (χ0v) is 15.2. The van der Waals surface area contributed by atoms with Crippen molar-refractivity contribution in [1.82, 2.24) is 20.4 Å². The van der Waals surface area contributed by atoms with Crippen molar-refractivity contribution in [2.45, 2.75) is 51.2 Å². The standard InChI is InChI=1S/C18H23FN4O4/c1-2-4-17(25)23-10-12(19)9-13(11-23)20-15(24)6-7-16-21-18(22-27-16)14-5-3-8-26-14/h3,5,8,12-13H,2,4,6-7,9-11H2,1H3,(H,20,24)/t12-,13+/m1/s1. The topological polar surface area (TPSA) is 101 Å². The summed E-state index contributed by atoms with van der Waals surface area (Å²) in [6.45, 7) is 2.35. The molecule has 3 heterocycles. The maximum atomic E-state index is 13.9. The molecule has 0 aliphatic carbocycles. The van der Waals surface area contributed by atoms with Gasteiger partial charge in [0, 0.05) is 38.3 Å². The molecule has 1 fully saturated rings. The molecule has 2 amide bonds. The minimum atomic E-state index is -1.13. The Morgan fingerprint density at radius 2 is 2.22 bits per heavy atom. The van der Waals surface area contributed by atoms with E-state index in [1.54, 1.807) is 12.1 Å². The number of carbonyl (C=O) groups is 2. The third-order valence-corrected chi connectivity index (χ3v) is 4.36. The Bertz CT molecular complexity index is 761. The molecule has 2 aromatic rings. The molecule has 0 bridgehead atoms. The van der Waals surface area contributed by atoms with Crippen LogP contribution in [-0.2, 0) is 16.0 Å². The number of alkyl halides is 1. The van der Waals surface area contributed by atoms with Gasteiger partial charge in [-0.25, -0.2) is 4.39 Å². The summed E-state index contributed by atoms with van der Waals surface area (Å²) >= 11 is 0. The second-order valence-corrected chi connectivity index (χ2v) is 6.64. The second kappa shape index (κ2) is 8.79. The molecule has 0 aromatic carbocycles. The average molecular weight is 378 g/mol. The van der Waals surface area contributed by atoms with Crippen molar-refractivity contribution in [2.75, 3.05) is 13.1 Å². The predicted octanol–water partition coefficient (Wildman–Crippen LogP) is 2.12. The smallest absolute Gasteiger partial charge is 0.238 e. The molecule has 1 N–H and O–H groups in total. The largest absolute Gasteiger partial charge is 0.461 e. The number of nitrogens with one attached hydrogen (secondary N) is 1. The molecule has 3 rings (SSSR count). The molecule has 0 spiro atoms. The van der Waals surface area contributed by atoms with Crippen LogP contribution >= 0.6 is 0 Å². The first kappa shape index (κ1) is 19.1. The van der Waals surface area contributed by atoms with Crippen LogP contribution in [0.1, 0.15) is 38.5 Å². The minimum Gasteiger partial charge on any atom is -0.461 e. The van der Waals surface area contributed by atoms with Crippen LogP contribution in [0.2, 0.25) is 0 Å². The van der Waals surface area contributed by atoms with Gasteiger partial charge >= 0.3 is 0 Å². The molecular weight excluding hydrogens is 355 g/mol. The van der Waals surface area contributed by atoms with Gasteiger partial charge in [-0.1, -0.05) is 12.1 Å². The third-order valence-electron chi connectivity index (χ3n) is 4.36. The van der Waals surface area contributed by atoms with Gasteiger partial charge in [-0.2, -0.15) is 4.98 Å². The zero-order valence-electron chi connectivity index (χ0n) is 15.2. The quantitative estimate of drug-likeness (QED) is 0.792. The number of hydrogen-bond acceptors (Lipinski definition) is 6. The minimum absolute atomic E-state index is 0.0737. The lowest BCUT2D eigenvalue weighted by Gasteiger charge is -2.35. The lowest BCUT2D eigenvalue weighted by Crippen LogP contribution is -2.53. The van der Waals surface area contributed by atoms with Crippen molar-refractivity contribution >= 4 is 11.8 Å². The number of hydrogen-bond donors (Lipinski definition) is 1. The molecule has 1 saturated heterocycles. The van der Waals surface area contributed by atoms with Crippen molar-refractivity contribution in [3.05, 3.63) is 24.3 Å². The number of furan rings is 1. The van der Waals surface area contributed by atoms with Crippen molar-refractivity contribution in [3.63, 3.8) is 0 Å². The number of aryl methyl sites for hydroxylation is 1. The van der Waals surface area contributed by atoms with E-state index in [-0.39, 0.29) is 43.7 Å². The number of halogens is 1. The fraction of sp³-hybridized carbons (Fsp3) is 0.556. The molecule has 2 aromatic heterocycles. The summed E-state index contributed by atoms with van der Waals surface area (Å²) in [7, 11) is 0. The van der Waals surface area contributed by atoms with Crippen LogP contribution in [-0.4, -0.2) is 52.2 Å². The van der Waals surface area contributed by atoms with Crippen LogP contribution in [0.4, 0.5) is 4.39 Å². The molecule has 0 radical (unpaired) electrons. The van der Waals surface area contributed by atoms with Gasteiger partial charge in [-0.3, -0.25) is 9.59 Å². The van der Waals surface area contributed by atoms with Gasteiger partial charge in [0.15, 0.2) is 5.76 Å². The van der Waals surface area contributed by atoms with Crippen LogP contribution in [0.3, 0.4) is 0 Å². The van der Waals surface area contributed by atoms with Crippen molar-refractivity contribution in [3.8, 4) is 11.6 Å². The summed E-state index contributed by atoms with van der Waals surface area (Å²) in [4.78, 5) is 29.9. The van der Waals surface area contributed by atoms with E-state index in [1.807, 2.05) is 6.92 Å². The van der Waals surface area contributed by atoms with E-state index in [0.29, 0.717) is 36.9 Å². The summed E-state index contributed by atoms with van der Waals surface area (Å²) < 4.78 is 24.2. The molecule has 9 heteroatoms. The normalized spacial score (nSPS) is 19.9. The number of amides is 2. The molecule has 0 unspecified atom stereocenters. The van der Waals surface area contributed by atoms with E-state index in [9.17, 15) is 14.0 Å². The van der Waals surface area contributed by atoms with Crippen LogP contribution in [0.5, 0.6) is 0 Å². The summed E-state index contributed by atoms with van der Waals surface area (Å²) in [6.07, 6.45) is 2.10. The Morgan fingerprint density at radius 3 is 2.96 bits per heavy atom. The van der Waals surface area contributed by atoms with Crippen LogP contribution in [0, 0.1) is 0 Å². The number of rotatable bonds is 7. The van der Waals surface area contributed by atoms with Gasteiger partial charge in [0.2, 0.25) is 23.5 Å². The third kappa shape index (κ3) is 5.15.